The van der Waals surface area contributed by atoms with Gasteiger partial charge in [0.05, 0.1) is 6.04 Å². The van der Waals surface area contributed by atoms with Crippen LogP contribution in [0.5, 0.6) is 0 Å². The molecule has 0 saturated carbocycles. The van der Waals surface area contributed by atoms with E-state index in [1.807, 2.05) is 13.0 Å². The van der Waals surface area contributed by atoms with Gasteiger partial charge in [0, 0.05) is 38.6 Å². The predicted octanol–water partition coefficient (Wildman–Crippen LogP) is 1.05. The number of aromatic nitrogens is 4. The maximum absolute atomic E-state index is 5.25. The van der Waals surface area contributed by atoms with Crippen LogP contribution in [-0.4, -0.2) is 51.2 Å². The zero-order valence-electron chi connectivity index (χ0n) is 11.7. The van der Waals surface area contributed by atoms with Gasteiger partial charge in [0.25, 0.3) is 0 Å². The zero-order valence-corrected chi connectivity index (χ0v) is 11.7. The van der Waals surface area contributed by atoms with Crippen molar-refractivity contribution in [3.8, 4) is 0 Å². The fourth-order valence-corrected chi connectivity index (χ4v) is 2.40. The molecule has 1 fully saturated rings. The molecule has 1 unspecified atom stereocenters. The Morgan fingerprint density at radius 2 is 1.85 bits per heavy atom. The lowest BCUT2D eigenvalue weighted by Crippen LogP contribution is -2.47. The molecule has 0 spiro atoms. The maximum atomic E-state index is 5.25. The van der Waals surface area contributed by atoms with Crippen molar-refractivity contribution < 1.29 is 4.52 Å². The summed E-state index contributed by atoms with van der Waals surface area (Å²) in [4.78, 5) is 17.4. The summed E-state index contributed by atoms with van der Waals surface area (Å²) in [5.74, 6) is 2.17. The fourth-order valence-electron chi connectivity index (χ4n) is 2.40. The topological polar surface area (TPSA) is 71.2 Å². The van der Waals surface area contributed by atoms with Crippen molar-refractivity contribution in [1.82, 2.24) is 25.0 Å². The smallest absolute Gasteiger partial charge is 0.243 e. The first-order valence-electron chi connectivity index (χ1n) is 6.80. The molecule has 0 bridgehead atoms. The van der Waals surface area contributed by atoms with Gasteiger partial charge in [-0.3, -0.25) is 4.90 Å². The molecule has 0 aromatic carbocycles. The van der Waals surface area contributed by atoms with Gasteiger partial charge in [-0.25, -0.2) is 9.97 Å². The molecule has 106 valence electrons. The highest BCUT2D eigenvalue weighted by atomic mass is 16.5. The Hall–Kier alpha value is -2.02. The summed E-state index contributed by atoms with van der Waals surface area (Å²) in [6.45, 7) is 7.61. The standard InChI is InChI=1S/C13H18N6O/c1-10(12-16-11(2)17-20-12)18-6-8-19(9-7-18)13-14-4-3-5-15-13/h3-5,10H,6-9H2,1-2H3. The van der Waals surface area contributed by atoms with Crippen LogP contribution in [0.2, 0.25) is 0 Å². The van der Waals surface area contributed by atoms with E-state index in [-0.39, 0.29) is 6.04 Å². The third-order valence-corrected chi connectivity index (χ3v) is 3.60. The first kappa shape index (κ1) is 13.0. The highest BCUT2D eigenvalue weighted by molar-refractivity contribution is 5.29. The minimum absolute atomic E-state index is 0.148. The molecular weight excluding hydrogens is 256 g/mol. The number of piperazine rings is 1. The van der Waals surface area contributed by atoms with Gasteiger partial charge in [-0.15, -0.1) is 0 Å². The largest absolute Gasteiger partial charge is 0.338 e. The molecule has 0 amide bonds. The third-order valence-electron chi connectivity index (χ3n) is 3.60. The van der Waals surface area contributed by atoms with Crippen LogP contribution in [0.15, 0.2) is 23.0 Å². The molecule has 3 heterocycles. The first-order chi connectivity index (χ1) is 9.74. The molecule has 2 aromatic heterocycles. The van der Waals surface area contributed by atoms with Gasteiger partial charge in [0.1, 0.15) is 0 Å². The molecular formula is C13H18N6O. The lowest BCUT2D eigenvalue weighted by molar-refractivity contribution is 0.163. The molecule has 7 nitrogen and oxygen atoms in total. The average molecular weight is 274 g/mol. The monoisotopic (exact) mass is 274 g/mol. The molecule has 2 aromatic rings. The van der Waals surface area contributed by atoms with E-state index in [4.69, 9.17) is 4.52 Å². The summed E-state index contributed by atoms with van der Waals surface area (Å²) >= 11 is 0. The normalized spacial score (nSPS) is 18.2. The number of aryl methyl sites for hydroxylation is 1. The van der Waals surface area contributed by atoms with Crippen molar-refractivity contribution in [2.75, 3.05) is 31.1 Å². The highest BCUT2D eigenvalue weighted by Gasteiger charge is 2.26. The van der Waals surface area contributed by atoms with Crippen LogP contribution in [-0.2, 0) is 0 Å². The maximum Gasteiger partial charge on any atom is 0.243 e. The van der Waals surface area contributed by atoms with E-state index in [9.17, 15) is 0 Å². The number of nitrogens with zero attached hydrogens (tertiary/aromatic N) is 6. The minimum Gasteiger partial charge on any atom is -0.338 e. The van der Waals surface area contributed by atoms with E-state index in [1.165, 1.54) is 0 Å². The quantitative estimate of drug-likeness (QED) is 0.828. The van der Waals surface area contributed by atoms with E-state index < -0.39 is 0 Å². The van der Waals surface area contributed by atoms with E-state index >= 15 is 0 Å². The summed E-state index contributed by atoms with van der Waals surface area (Å²) < 4.78 is 5.25. The van der Waals surface area contributed by atoms with Crippen molar-refractivity contribution in [3.05, 3.63) is 30.2 Å². The molecule has 3 rings (SSSR count). The van der Waals surface area contributed by atoms with Crippen LogP contribution in [0.3, 0.4) is 0 Å². The molecule has 1 atom stereocenters. The summed E-state index contributed by atoms with van der Waals surface area (Å²) in [5.41, 5.74) is 0. The third kappa shape index (κ3) is 2.62. The lowest BCUT2D eigenvalue weighted by atomic mass is 10.2. The van der Waals surface area contributed by atoms with Crippen LogP contribution in [0.25, 0.3) is 0 Å². The molecule has 20 heavy (non-hydrogen) atoms. The van der Waals surface area contributed by atoms with E-state index in [0.717, 1.165) is 32.1 Å². The summed E-state index contributed by atoms with van der Waals surface area (Å²) in [5, 5.41) is 3.85. The minimum atomic E-state index is 0.148. The van der Waals surface area contributed by atoms with Crippen LogP contribution >= 0.6 is 0 Å². The second-order valence-corrected chi connectivity index (χ2v) is 4.93. The molecule has 1 saturated heterocycles. The average Bonchev–Trinajstić information content (AvgIpc) is 2.94. The second-order valence-electron chi connectivity index (χ2n) is 4.93. The molecule has 0 radical (unpaired) electrons. The van der Waals surface area contributed by atoms with Crippen molar-refractivity contribution >= 4 is 5.95 Å². The van der Waals surface area contributed by atoms with Gasteiger partial charge in [-0.05, 0) is 19.9 Å². The number of anilines is 1. The van der Waals surface area contributed by atoms with Crippen molar-refractivity contribution in [2.45, 2.75) is 19.9 Å². The molecule has 0 aliphatic carbocycles. The first-order valence-corrected chi connectivity index (χ1v) is 6.80. The fraction of sp³-hybridized carbons (Fsp3) is 0.538. The van der Waals surface area contributed by atoms with Gasteiger partial charge >= 0.3 is 0 Å². The Morgan fingerprint density at radius 3 is 2.45 bits per heavy atom. The van der Waals surface area contributed by atoms with Gasteiger partial charge in [0.2, 0.25) is 11.8 Å². The van der Waals surface area contributed by atoms with Crippen LogP contribution in [0.1, 0.15) is 24.7 Å². The Labute approximate surface area is 117 Å². The van der Waals surface area contributed by atoms with Crippen molar-refractivity contribution in [2.24, 2.45) is 0 Å². The van der Waals surface area contributed by atoms with Gasteiger partial charge in [-0.2, -0.15) is 4.98 Å². The molecule has 1 aliphatic rings. The van der Waals surface area contributed by atoms with E-state index in [2.05, 4.69) is 36.8 Å². The van der Waals surface area contributed by atoms with Crippen LogP contribution in [0.4, 0.5) is 5.95 Å². The van der Waals surface area contributed by atoms with Gasteiger partial charge in [-0.1, -0.05) is 5.16 Å². The van der Waals surface area contributed by atoms with Crippen LogP contribution < -0.4 is 4.90 Å². The SMILES string of the molecule is Cc1noc(C(C)N2CCN(c3ncccn3)CC2)n1. The summed E-state index contributed by atoms with van der Waals surface area (Å²) in [7, 11) is 0. The number of rotatable bonds is 3. The highest BCUT2D eigenvalue weighted by Crippen LogP contribution is 2.21. The zero-order chi connectivity index (χ0) is 13.9. The summed E-state index contributed by atoms with van der Waals surface area (Å²) in [6, 6.07) is 1.98. The number of hydrogen-bond donors (Lipinski definition) is 0. The van der Waals surface area contributed by atoms with Crippen molar-refractivity contribution in [3.63, 3.8) is 0 Å². The number of hydrogen-bond acceptors (Lipinski definition) is 7. The lowest BCUT2D eigenvalue weighted by Gasteiger charge is -2.36. The van der Waals surface area contributed by atoms with Gasteiger partial charge in [0.15, 0.2) is 5.82 Å². The Balaban J connectivity index is 1.61. The molecule has 0 N–H and O–H groups in total. The van der Waals surface area contributed by atoms with Gasteiger partial charge < -0.3 is 9.42 Å². The van der Waals surface area contributed by atoms with Crippen LogP contribution in [0, 0.1) is 6.92 Å². The Bertz CT molecular complexity index is 549. The predicted molar refractivity (Wildman–Crippen MR) is 73.3 cm³/mol. The molecule has 7 heteroatoms. The summed E-state index contributed by atoms with van der Waals surface area (Å²) in [6.07, 6.45) is 3.55. The van der Waals surface area contributed by atoms with Crippen molar-refractivity contribution in [1.29, 1.82) is 0 Å². The Morgan fingerprint density at radius 1 is 1.15 bits per heavy atom. The molecule has 1 aliphatic heterocycles. The van der Waals surface area contributed by atoms with E-state index in [1.54, 1.807) is 12.4 Å². The Kier molecular flexibility index (Phi) is 3.60. The van der Waals surface area contributed by atoms with E-state index in [0.29, 0.717) is 11.7 Å². The second kappa shape index (κ2) is 5.54.